The Morgan fingerprint density at radius 2 is 1.75 bits per heavy atom. The van der Waals surface area contributed by atoms with Crippen LogP contribution in [-0.4, -0.2) is 44.9 Å². The first-order valence-corrected chi connectivity index (χ1v) is 11.0. The summed E-state index contributed by atoms with van der Waals surface area (Å²) in [6.07, 6.45) is 3.34. The second-order valence-corrected chi connectivity index (χ2v) is 8.09. The van der Waals surface area contributed by atoms with E-state index >= 15 is 0 Å². The van der Waals surface area contributed by atoms with E-state index in [9.17, 15) is 19.2 Å². The minimum Gasteiger partial charge on any atom is -0.475 e. The highest BCUT2D eigenvalue weighted by molar-refractivity contribution is 6.16. The van der Waals surface area contributed by atoms with Crippen LogP contribution in [0.3, 0.4) is 0 Å². The molecule has 4 amide bonds. The number of fused-ring (bicyclic) bond motifs is 1. The van der Waals surface area contributed by atoms with E-state index in [2.05, 4.69) is 10.6 Å². The summed E-state index contributed by atoms with van der Waals surface area (Å²) >= 11 is 0. The number of urea groups is 1. The molecule has 3 N–H and O–H groups in total. The molecule has 0 spiro atoms. The fourth-order valence-corrected chi connectivity index (χ4v) is 4.00. The number of anilines is 1. The van der Waals surface area contributed by atoms with E-state index in [1.165, 1.54) is 6.07 Å². The van der Waals surface area contributed by atoms with Gasteiger partial charge in [0, 0.05) is 28.4 Å². The maximum absolute atomic E-state index is 12.9. The summed E-state index contributed by atoms with van der Waals surface area (Å²) in [5, 5.41) is 15.1. The number of imide groups is 1. The summed E-state index contributed by atoms with van der Waals surface area (Å²) in [7, 11) is 0. The minimum atomic E-state index is -1.15. The highest BCUT2D eigenvalue weighted by Crippen LogP contribution is 2.26. The molecule has 5 rings (SSSR count). The van der Waals surface area contributed by atoms with Crippen LogP contribution in [0.4, 0.5) is 10.5 Å². The maximum Gasteiger partial charge on any atom is 0.371 e. The van der Waals surface area contributed by atoms with Gasteiger partial charge in [-0.25, -0.2) is 14.5 Å². The highest BCUT2D eigenvalue weighted by Gasteiger charge is 2.35. The Morgan fingerprint density at radius 3 is 2.50 bits per heavy atom. The Morgan fingerprint density at radius 1 is 1.00 bits per heavy atom. The van der Waals surface area contributed by atoms with E-state index in [1.54, 1.807) is 42.6 Å². The van der Waals surface area contributed by atoms with Crippen LogP contribution in [-0.2, 0) is 16.1 Å². The van der Waals surface area contributed by atoms with Gasteiger partial charge in [0.25, 0.3) is 5.91 Å². The van der Waals surface area contributed by atoms with Crippen LogP contribution in [0.15, 0.2) is 83.0 Å². The average Bonchev–Trinajstić information content (AvgIpc) is 3.54. The number of carbonyl (C=O) groups excluding carboxylic acids is 3. The molecule has 1 aliphatic rings. The van der Waals surface area contributed by atoms with Crippen LogP contribution in [0.2, 0.25) is 0 Å². The van der Waals surface area contributed by atoms with E-state index in [1.807, 2.05) is 34.9 Å². The van der Waals surface area contributed by atoms with Crippen LogP contribution in [0.1, 0.15) is 21.9 Å². The minimum absolute atomic E-state index is 0.0431. The van der Waals surface area contributed by atoms with Gasteiger partial charge in [0.15, 0.2) is 0 Å². The molecular formula is C26H20N4O6. The third-order valence-corrected chi connectivity index (χ3v) is 5.64. The van der Waals surface area contributed by atoms with Crippen molar-refractivity contribution in [3.8, 4) is 0 Å². The molecular weight excluding hydrogens is 464 g/mol. The van der Waals surface area contributed by atoms with Gasteiger partial charge in [-0.2, -0.15) is 0 Å². The van der Waals surface area contributed by atoms with E-state index in [4.69, 9.17) is 9.52 Å². The number of hydrogen-bond acceptors (Lipinski definition) is 5. The van der Waals surface area contributed by atoms with Crippen molar-refractivity contribution in [1.29, 1.82) is 0 Å². The molecule has 0 radical (unpaired) electrons. The molecule has 1 aliphatic heterocycles. The standard InChI is InChI=1S/C26H20N4O6/c31-23(27-17-6-2-1-3-7-17)15-30-24(32)20(28-26(30)35)12-16-13-29(21-9-5-4-8-19(16)21)14-18-10-11-22(36-18)25(33)34/h1-13H,14-15H2,(H,27,31)(H,28,35)(H,33,34)/b20-12-. The molecule has 180 valence electrons. The number of nitrogens with zero attached hydrogens (tertiary/aromatic N) is 2. The molecule has 2 aromatic heterocycles. The van der Waals surface area contributed by atoms with E-state index in [0.29, 0.717) is 17.0 Å². The topological polar surface area (TPSA) is 134 Å². The van der Waals surface area contributed by atoms with Crippen LogP contribution in [0.25, 0.3) is 17.0 Å². The number of rotatable bonds is 7. The summed E-state index contributed by atoms with van der Waals surface area (Å²) < 4.78 is 7.23. The fourth-order valence-electron chi connectivity index (χ4n) is 4.00. The van der Waals surface area contributed by atoms with Crippen LogP contribution in [0, 0.1) is 0 Å². The number of nitrogens with one attached hydrogen (secondary N) is 2. The molecule has 10 heteroatoms. The summed E-state index contributed by atoms with van der Waals surface area (Å²) in [4.78, 5) is 49.7. The van der Waals surface area contributed by atoms with Gasteiger partial charge in [-0.15, -0.1) is 0 Å². The molecule has 36 heavy (non-hydrogen) atoms. The lowest BCUT2D eigenvalue weighted by Gasteiger charge is -2.11. The van der Waals surface area contributed by atoms with Gasteiger partial charge >= 0.3 is 12.0 Å². The van der Waals surface area contributed by atoms with E-state index < -0.39 is 30.4 Å². The SMILES string of the molecule is O=C(CN1C(=O)N/C(=C\c2cn(Cc3ccc(C(=O)O)o3)c3ccccc23)C1=O)Nc1ccccc1. The van der Waals surface area contributed by atoms with Crippen LogP contribution >= 0.6 is 0 Å². The molecule has 0 atom stereocenters. The quantitative estimate of drug-likeness (QED) is 0.272. The Kier molecular flexibility index (Phi) is 5.83. The van der Waals surface area contributed by atoms with Crippen LogP contribution in [0.5, 0.6) is 0 Å². The van der Waals surface area contributed by atoms with Gasteiger partial charge in [-0.3, -0.25) is 9.59 Å². The Hall–Kier alpha value is -5.12. The highest BCUT2D eigenvalue weighted by atomic mass is 16.4. The van der Waals surface area contributed by atoms with Crippen molar-refractivity contribution >= 4 is 46.5 Å². The Labute approximate surface area is 204 Å². The number of carbonyl (C=O) groups is 4. The maximum atomic E-state index is 12.9. The summed E-state index contributed by atoms with van der Waals surface area (Å²) in [5.41, 5.74) is 2.09. The summed E-state index contributed by atoms with van der Waals surface area (Å²) in [6, 6.07) is 18.5. The second-order valence-electron chi connectivity index (χ2n) is 8.09. The van der Waals surface area contributed by atoms with Crippen molar-refractivity contribution in [3.63, 3.8) is 0 Å². The lowest BCUT2D eigenvalue weighted by molar-refractivity contribution is -0.127. The fraction of sp³-hybridized carbons (Fsp3) is 0.0769. The molecule has 0 saturated carbocycles. The molecule has 10 nitrogen and oxygen atoms in total. The smallest absolute Gasteiger partial charge is 0.371 e. The molecule has 4 aromatic rings. The molecule has 1 fully saturated rings. The lowest BCUT2D eigenvalue weighted by Crippen LogP contribution is -2.38. The van der Waals surface area contributed by atoms with Gasteiger partial charge < -0.3 is 24.7 Å². The van der Waals surface area contributed by atoms with Crippen molar-refractivity contribution in [1.82, 2.24) is 14.8 Å². The number of furan rings is 1. The third kappa shape index (κ3) is 4.47. The lowest BCUT2D eigenvalue weighted by atomic mass is 10.1. The molecule has 1 saturated heterocycles. The molecule has 0 aliphatic carbocycles. The van der Waals surface area contributed by atoms with Gasteiger partial charge in [0.2, 0.25) is 11.7 Å². The number of para-hydroxylation sites is 2. The predicted octanol–water partition coefficient (Wildman–Crippen LogP) is 3.51. The molecule has 0 unspecified atom stereocenters. The van der Waals surface area contributed by atoms with Gasteiger partial charge in [0.05, 0.1) is 6.54 Å². The second kappa shape index (κ2) is 9.26. The Balaban J connectivity index is 1.38. The zero-order valence-corrected chi connectivity index (χ0v) is 18.8. The normalized spacial score (nSPS) is 14.4. The van der Waals surface area contributed by atoms with Crippen molar-refractivity contribution < 1.29 is 28.7 Å². The van der Waals surface area contributed by atoms with Crippen molar-refractivity contribution in [2.24, 2.45) is 0 Å². The summed E-state index contributed by atoms with van der Waals surface area (Å²) in [5.74, 6) is -1.96. The Bertz CT molecular complexity index is 1530. The number of hydrogen-bond donors (Lipinski definition) is 3. The first-order valence-electron chi connectivity index (χ1n) is 11.0. The molecule has 2 aromatic carbocycles. The third-order valence-electron chi connectivity index (χ3n) is 5.64. The van der Waals surface area contributed by atoms with Gasteiger partial charge in [-0.1, -0.05) is 36.4 Å². The zero-order chi connectivity index (χ0) is 25.2. The largest absolute Gasteiger partial charge is 0.475 e. The number of carboxylic acids is 1. The summed E-state index contributed by atoms with van der Waals surface area (Å²) in [6.45, 7) is -0.161. The van der Waals surface area contributed by atoms with Gasteiger partial charge in [-0.05, 0) is 36.4 Å². The van der Waals surface area contributed by atoms with E-state index in [0.717, 1.165) is 15.8 Å². The van der Waals surface area contributed by atoms with E-state index in [-0.39, 0.29) is 18.0 Å². The number of carboxylic acid groups (broad SMARTS) is 1. The molecule has 3 heterocycles. The zero-order valence-electron chi connectivity index (χ0n) is 18.8. The van der Waals surface area contributed by atoms with Crippen molar-refractivity contribution in [3.05, 3.63) is 95.7 Å². The van der Waals surface area contributed by atoms with Crippen LogP contribution < -0.4 is 10.6 Å². The number of aromatic carboxylic acids is 1. The number of aromatic nitrogens is 1. The monoisotopic (exact) mass is 484 g/mol. The van der Waals surface area contributed by atoms with Crippen molar-refractivity contribution in [2.75, 3.05) is 11.9 Å². The average molecular weight is 484 g/mol. The van der Waals surface area contributed by atoms with Crippen molar-refractivity contribution in [2.45, 2.75) is 6.54 Å². The molecule has 0 bridgehead atoms. The predicted molar refractivity (Wildman–Crippen MR) is 130 cm³/mol. The number of benzene rings is 2. The first kappa shape index (κ1) is 22.7. The first-order chi connectivity index (χ1) is 17.4. The number of amides is 4. The van der Waals surface area contributed by atoms with Gasteiger partial charge in [0.1, 0.15) is 18.0 Å².